The molecular formula is C48H30N2. The van der Waals surface area contributed by atoms with E-state index in [0.29, 0.717) is 0 Å². The van der Waals surface area contributed by atoms with Crippen molar-refractivity contribution in [2.45, 2.75) is 0 Å². The van der Waals surface area contributed by atoms with E-state index in [4.69, 9.17) is 0 Å². The first-order chi connectivity index (χ1) is 24.8. The van der Waals surface area contributed by atoms with E-state index in [1.165, 1.54) is 98.5 Å². The van der Waals surface area contributed by atoms with Crippen LogP contribution in [0.25, 0.3) is 104 Å². The average Bonchev–Trinajstić information content (AvgIpc) is 3.74. The van der Waals surface area contributed by atoms with E-state index < -0.39 is 0 Å². The Hall–Kier alpha value is -6.64. The first kappa shape index (κ1) is 27.3. The number of rotatable bonds is 4. The Morgan fingerprint density at radius 2 is 1.02 bits per heavy atom. The molecule has 2 aromatic heterocycles. The molecular weight excluding hydrogens is 605 g/mol. The van der Waals surface area contributed by atoms with Crippen LogP contribution >= 0.6 is 0 Å². The second-order valence-corrected chi connectivity index (χ2v) is 13.4. The summed E-state index contributed by atoms with van der Waals surface area (Å²) in [6, 6.07) is 64.3. The molecule has 0 spiro atoms. The van der Waals surface area contributed by atoms with Crippen molar-refractivity contribution in [2.24, 2.45) is 0 Å². The molecule has 1 N–H and O–H groups in total. The summed E-state index contributed by atoms with van der Waals surface area (Å²) >= 11 is 0. The Balaban J connectivity index is 1.18. The molecule has 2 heterocycles. The van der Waals surface area contributed by atoms with Gasteiger partial charge in [-0.1, -0.05) is 140 Å². The van der Waals surface area contributed by atoms with Gasteiger partial charge in [-0.25, -0.2) is 0 Å². The van der Waals surface area contributed by atoms with Crippen molar-refractivity contribution in [1.29, 1.82) is 0 Å². The predicted molar refractivity (Wildman–Crippen MR) is 213 cm³/mol. The lowest BCUT2D eigenvalue weighted by Crippen LogP contribution is -1.93. The monoisotopic (exact) mass is 634 g/mol. The zero-order chi connectivity index (χ0) is 32.8. The highest BCUT2D eigenvalue weighted by Crippen LogP contribution is 2.46. The third kappa shape index (κ3) is 3.85. The van der Waals surface area contributed by atoms with Crippen molar-refractivity contribution < 1.29 is 0 Å². The van der Waals surface area contributed by atoms with Gasteiger partial charge in [-0.05, 0) is 85.6 Å². The molecule has 0 fully saturated rings. The minimum Gasteiger partial charge on any atom is -0.353 e. The molecule has 2 nitrogen and oxygen atoms in total. The standard InChI is InChI=1S/C48H30N2/c1-4-12-30(13-5-1)46-41-29-34-22-25-38-36(24-20-31-21-26-39(45(34)44(31)38)48(41)49-47(46)32-14-6-2-7-15-32)33-23-27-43-40(28-33)37-18-10-11-19-42(37)50(43)35-16-8-3-9-17-35/h1-29,49H. The molecule has 0 aliphatic rings. The Morgan fingerprint density at radius 1 is 0.380 bits per heavy atom. The van der Waals surface area contributed by atoms with Crippen molar-refractivity contribution in [2.75, 3.05) is 0 Å². The Kier molecular flexibility index (Phi) is 5.70. The van der Waals surface area contributed by atoms with Gasteiger partial charge >= 0.3 is 0 Å². The van der Waals surface area contributed by atoms with Crippen LogP contribution in [0.2, 0.25) is 0 Å². The number of nitrogens with zero attached hydrogens (tertiary/aromatic N) is 1. The van der Waals surface area contributed by atoms with Crippen LogP contribution in [0.5, 0.6) is 0 Å². The van der Waals surface area contributed by atoms with E-state index in [1.54, 1.807) is 0 Å². The summed E-state index contributed by atoms with van der Waals surface area (Å²) in [6.07, 6.45) is 0. The van der Waals surface area contributed by atoms with Gasteiger partial charge in [0.2, 0.25) is 0 Å². The molecule has 11 rings (SSSR count). The summed E-state index contributed by atoms with van der Waals surface area (Å²) < 4.78 is 2.38. The molecule has 0 saturated heterocycles. The Labute approximate surface area is 288 Å². The smallest absolute Gasteiger partial charge is 0.0545 e. The van der Waals surface area contributed by atoms with Crippen LogP contribution in [0.4, 0.5) is 0 Å². The van der Waals surface area contributed by atoms with Crippen LogP contribution in [-0.2, 0) is 0 Å². The van der Waals surface area contributed by atoms with Crippen LogP contribution < -0.4 is 0 Å². The van der Waals surface area contributed by atoms with Gasteiger partial charge in [0.15, 0.2) is 0 Å². The molecule has 0 radical (unpaired) electrons. The number of aromatic nitrogens is 2. The molecule has 0 atom stereocenters. The highest BCUT2D eigenvalue weighted by Gasteiger charge is 2.21. The number of fused-ring (bicyclic) bond motifs is 5. The number of aromatic amines is 1. The maximum atomic E-state index is 3.93. The average molecular weight is 635 g/mol. The van der Waals surface area contributed by atoms with Crippen molar-refractivity contribution >= 4 is 65.0 Å². The van der Waals surface area contributed by atoms with E-state index in [0.717, 1.165) is 5.69 Å². The molecule has 50 heavy (non-hydrogen) atoms. The van der Waals surface area contributed by atoms with Crippen LogP contribution in [0.15, 0.2) is 176 Å². The van der Waals surface area contributed by atoms with Gasteiger partial charge < -0.3 is 9.55 Å². The first-order valence-electron chi connectivity index (χ1n) is 17.3. The summed E-state index contributed by atoms with van der Waals surface area (Å²) in [5.74, 6) is 0. The van der Waals surface area contributed by atoms with E-state index in [2.05, 4.69) is 185 Å². The third-order valence-corrected chi connectivity index (χ3v) is 10.7. The molecule has 0 aliphatic carbocycles. The zero-order valence-corrected chi connectivity index (χ0v) is 27.2. The lowest BCUT2D eigenvalue weighted by Gasteiger charge is -2.15. The Morgan fingerprint density at radius 3 is 1.84 bits per heavy atom. The molecule has 0 bridgehead atoms. The fourth-order valence-electron chi connectivity index (χ4n) is 8.50. The number of H-pyrrole nitrogens is 1. The molecule has 0 unspecified atom stereocenters. The van der Waals surface area contributed by atoms with Crippen LogP contribution in [0.3, 0.4) is 0 Å². The third-order valence-electron chi connectivity index (χ3n) is 10.7. The summed E-state index contributed by atoms with van der Waals surface area (Å²) in [6.45, 7) is 0. The quantitative estimate of drug-likeness (QED) is 0.186. The van der Waals surface area contributed by atoms with Gasteiger partial charge in [-0.3, -0.25) is 0 Å². The SMILES string of the molecule is c1ccc(-c2[nH]c3c(cc4ccc5c(-c6ccc7c(c6)c6ccccc6n7-c6ccccc6)ccc6ccc3c4c65)c2-c2ccccc2)cc1. The van der Waals surface area contributed by atoms with Gasteiger partial charge in [0.25, 0.3) is 0 Å². The van der Waals surface area contributed by atoms with Gasteiger partial charge in [-0.15, -0.1) is 0 Å². The van der Waals surface area contributed by atoms with Crippen molar-refractivity contribution in [3.63, 3.8) is 0 Å². The van der Waals surface area contributed by atoms with Crippen molar-refractivity contribution in [3.8, 4) is 39.2 Å². The number of nitrogens with one attached hydrogen (secondary N) is 1. The minimum absolute atomic E-state index is 1.16. The predicted octanol–water partition coefficient (Wildman–Crippen LogP) is 13.2. The highest BCUT2D eigenvalue weighted by molar-refractivity contribution is 6.31. The van der Waals surface area contributed by atoms with Gasteiger partial charge in [0.1, 0.15) is 0 Å². The molecule has 0 aliphatic heterocycles. The van der Waals surface area contributed by atoms with Crippen LogP contribution in [0, 0.1) is 0 Å². The number of benzene rings is 9. The van der Waals surface area contributed by atoms with Gasteiger partial charge in [-0.2, -0.15) is 0 Å². The number of hydrogen-bond donors (Lipinski definition) is 1. The van der Waals surface area contributed by atoms with Gasteiger partial charge in [0, 0.05) is 32.8 Å². The van der Waals surface area contributed by atoms with E-state index in [9.17, 15) is 0 Å². The van der Waals surface area contributed by atoms with E-state index >= 15 is 0 Å². The van der Waals surface area contributed by atoms with E-state index in [1.807, 2.05) is 0 Å². The topological polar surface area (TPSA) is 20.7 Å². The molecule has 9 aromatic carbocycles. The fourth-order valence-corrected chi connectivity index (χ4v) is 8.50. The van der Waals surface area contributed by atoms with Crippen LogP contribution in [0.1, 0.15) is 0 Å². The number of hydrogen-bond acceptors (Lipinski definition) is 0. The minimum atomic E-state index is 1.16. The summed E-state index contributed by atoms with van der Waals surface area (Å²) in [5.41, 5.74) is 12.1. The Bertz CT molecular complexity index is 3060. The summed E-state index contributed by atoms with van der Waals surface area (Å²) in [4.78, 5) is 3.93. The molecule has 232 valence electrons. The molecule has 0 saturated carbocycles. The first-order valence-corrected chi connectivity index (χ1v) is 17.3. The summed E-state index contributed by atoms with van der Waals surface area (Å²) in [5, 5.41) is 11.5. The summed E-state index contributed by atoms with van der Waals surface area (Å²) in [7, 11) is 0. The normalized spacial score (nSPS) is 12.0. The fraction of sp³-hybridized carbons (Fsp3) is 0. The zero-order valence-electron chi connectivity index (χ0n) is 27.2. The maximum Gasteiger partial charge on any atom is 0.0545 e. The molecule has 11 aromatic rings. The molecule has 0 amide bonds. The molecule has 2 heteroatoms. The second-order valence-electron chi connectivity index (χ2n) is 13.4. The van der Waals surface area contributed by atoms with Crippen LogP contribution in [-0.4, -0.2) is 9.55 Å². The van der Waals surface area contributed by atoms with Gasteiger partial charge in [0.05, 0.1) is 22.2 Å². The highest BCUT2D eigenvalue weighted by atomic mass is 15.0. The second kappa shape index (κ2) is 10.4. The lowest BCUT2D eigenvalue weighted by atomic mass is 9.88. The van der Waals surface area contributed by atoms with Crippen molar-refractivity contribution in [1.82, 2.24) is 9.55 Å². The lowest BCUT2D eigenvalue weighted by molar-refractivity contribution is 1.18. The number of para-hydroxylation sites is 2. The maximum absolute atomic E-state index is 3.93. The largest absolute Gasteiger partial charge is 0.353 e. The van der Waals surface area contributed by atoms with E-state index in [-0.39, 0.29) is 0 Å². The van der Waals surface area contributed by atoms with Crippen molar-refractivity contribution in [3.05, 3.63) is 176 Å².